The molecule has 0 bridgehead atoms. The molecule has 0 aliphatic rings. The average Bonchev–Trinajstić information content (AvgIpc) is 3.36. The summed E-state index contributed by atoms with van der Waals surface area (Å²) in [5.74, 6) is -0.387. The highest BCUT2D eigenvalue weighted by Crippen LogP contribution is 2.31. The van der Waals surface area contributed by atoms with Gasteiger partial charge in [0.1, 0.15) is 5.82 Å². The number of H-pyrrole nitrogens is 1. The van der Waals surface area contributed by atoms with Crippen LogP contribution >= 0.6 is 0 Å². The zero-order valence-electron chi connectivity index (χ0n) is 18.8. The van der Waals surface area contributed by atoms with Gasteiger partial charge in [0.05, 0.1) is 0 Å². The van der Waals surface area contributed by atoms with Crippen LogP contribution in [-0.4, -0.2) is 30.6 Å². The van der Waals surface area contributed by atoms with E-state index in [1.807, 2.05) is 55.5 Å². The number of hydrogen-bond donors (Lipinski definition) is 2. The van der Waals surface area contributed by atoms with Crippen molar-refractivity contribution in [2.75, 3.05) is 5.32 Å². The van der Waals surface area contributed by atoms with Gasteiger partial charge in [0.2, 0.25) is 11.6 Å². The van der Waals surface area contributed by atoms with E-state index >= 15 is 0 Å². The van der Waals surface area contributed by atoms with Gasteiger partial charge in [-0.25, -0.2) is 9.97 Å². The lowest BCUT2D eigenvalue weighted by Crippen LogP contribution is -2.16. The fourth-order valence-corrected chi connectivity index (χ4v) is 3.72. The number of nitrogens with zero attached hydrogens (tertiary/aromatic N) is 5. The Morgan fingerprint density at radius 1 is 0.971 bits per heavy atom. The van der Waals surface area contributed by atoms with Crippen LogP contribution in [0.5, 0.6) is 0 Å². The lowest BCUT2D eigenvalue weighted by Gasteiger charge is -2.16. The van der Waals surface area contributed by atoms with Crippen molar-refractivity contribution in [2.24, 2.45) is 0 Å². The summed E-state index contributed by atoms with van der Waals surface area (Å²) in [5, 5.41) is 17.3. The van der Waals surface area contributed by atoms with E-state index in [2.05, 4.69) is 35.9 Å². The summed E-state index contributed by atoms with van der Waals surface area (Å²) < 4.78 is 39.8. The minimum atomic E-state index is -4.60. The predicted molar refractivity (Wildman–Crippen MR) is 123 cm³/mol. The standard InChI is InChI=1S/C24H24F3N7/c1-3-4-7-18-15(2)29-23(24(25,26)27)30-21(18)28-14-16-10-12-17(13-11-16)19-8-5-6-9-20(19)22-31-33-34-32-22/h5-6,8-13H,3-4,7,14H2,1-2H3,(H,28,29,30)(H,31,32,33,34). The van der Waals surface area contributed by atoms with Crippen molar-refractivity contribution >= 4 is 5.82 Å². The molecule has 34 heavy (non-hydrogen) atoms. The van der Waals surface area contributed by atoms with Gasteiger partial charge in [0, 0.05) is 23.4 Å². The van der Waals surface area contributed by atoms with Crippen molar-refractivity contribution in [1.29, 1.82) is 0 Å². The summed E-state index contributed by atoms with van der Waals surface area (Å²) in [5.41, 5.74) is 4.75. The Balaban J connectivity index is 1.56. The van der Waals surface area contributed by atoms with E-state index in [-0.39, 0.29) is 5.82 Å². The molecule has 2 aromatic carbocycles. The van der Waals surface area contributed by atoms with Crippen LogP contribution in [0.1, 0.15) is 42.4 Å². The van der Waals surface area contributed by atoms with Gasteiger partial charge in [-0.1, -0.05) is 61.9 Å². The van der Waals surface area contributed by atoms with E-state index in [1.54, 1.807) is 6.92 Å². The van der Waals surface area contributed by atoms with Crippen LogP contribution in [0.2, 0.25) is 0 Å². The number of anilines is 1. The van der Waals surface area contributed by atoms with Crippen LogP contribution in [-0.2, 0) is 19.1 Å². The first-order chi connectivity index (χ1) is 16.4. The van der Waals surface area contributed by atoms with Gasteiger partial charge < -0.3 is 5.32 Å². The molecule has 0 unspecified atom stereocenters. The van der Waals surface area contributed by atoms with Gasteiger partial charge in [-0.05, 0) is 41.7 Å². The molecule has 4 aromatic rings. The molecule has 0 aliphatic heterocycles. The zero-order valence-corrected chi connectivity index (χ0v) is 18.8. The Kier molecular flexibility index (Phi) is 6.85. The maximum absolute atomic E-state index is 13.3. The molecule has 0 saturated carbocycles. The first-order valence-electron chi connectivity index (χ1n) is 11.0. The largest absolute Gasteiger partial charge is 0.451 e. The molecule has 0 atom stereocenters. The SMILES string of the molecule is CCCCc1c(C)nc(C(F)(F)F)nc1NCc1ccc(-c2ccccc2-c2nn[nH]n2)cc1. The molecule has 0 amide bonds. The van der Waals surface area contributed by atoms with E-state index in [1.165, 1.54) is 0 Å². The third-order valence-corrected chi connectivity index (χ3v) is 5.49. The number of aromatic amines is 1. The second kappa shape index (κ2) is 9.98. The number of rotatable bonds is 8. The highest BCUT2D eigenvalue weighted by Gasteiger charge is 2.36. The zero-order chi connectivity index (χ0) is 24.1. The Labute approximate surface area is 194 Å². The van der Waals surface area contributed by atoms with Crippen LogP contribution in [0.4, 0.5) is 19.0 Å². The lowest BCUT2D eigenvalue weighted by molar-refractivity contribution is -0.145. The number of aromatic nitrogens is 6. The fraction of sp³-hybridized carbons (Fsp3) is 0.292. The van der Waals surface area contributed by atoms with E-state index in [0.29, 0.717) is 24.5 Å². The fourth-order valence-electron chi connectivity index (χ4n) is 3.72. The number of unbranched alkanes of at least 4 members (excludes halogenated alkanes) is 1. The van der Waals surface area contributed by atoms with Crippen LogP contribution in [0.3, 0.4) is 0 Å². The molecule has 4 rings (SSSR count). The molecule has 2 heterocycles. The van der Waals surface area contributed by atoms with E-state index in [4.69, 9.17) is 0 Å². The average molecular weight is 467 g/mol. The summed E-state index contributed by atoms with van der Waals surface area (Å²) >= 11 is 0. The molecule has 2 aromatic heterocycles. The summed E-state index contributed by atoms with van der Waals surface area (Å²) in [6, 6.07) is 15.5. The number of benzene rings is 2. The second-order valence-corrected chi connectivity index (χ2v) is 7.89. The highest BCUT2D eigenvalue weighted by molar-refractivity contribution is 5.80. The molecule has 176 valence electrons. The molecule has 2 N–H and O–H groups in total. The van der Waals surface area contributed by atoms with Crippen molar-refractivity contribution in [3.63, 3.8) is 0 Å². The topological polar surface area (TPSA) is 92.3 Å². The van der Waals surface area contributed by atoms with E-state index in [9.17, 15) is 13.2 Å². The van der Waals surface area contributed by atoms with Crippen molar-refractivity contribution in [3.8, 4) is 22.5 Å². The van der Waals surface area contributed by atoms with Gasteiger partial charge in [0.25, 0.3) is 0 Å². The number of alkyl halides is 3. The highest BCUT2D eigenvalue weighted by atomic mass is 19.4. The summed E-state index contributed by atoms with van der Waals surface area (Å²) in [7, 11) is 0. The van der Waals surface area contributed by atoms with Crippen molar-refractivity contribution in [3.05, 3.63) is 71.2 Å². The van der Waals surface area contributed by atoms with Crippen LogP contribution < -0.4 is 5.32 Å². The molecule has 10 heteroatoms. The van der Waals surface area contributed by atoms with Crippen LogP contribution in [0, 0.1) is 6.92 Å². The van der Waals surface area contributed by atoms with Gasteiger partial charge in [-0.15, -0.1) is 10.2 Å². The maximum atomic E-state index is 13.3. The monoisotopic (exact) mass is 467 g/mol. The maximum Gasteiger partial charge on any atom is 0.451 e. The first kappa shape index (κ1) is 23.3. The van der Waals surface area contributed by atoms with E-state index in [0.717, 1.165) is 40.7 Å². The van der Waals surface area contributed by atoms with Crippen LogP contribution in [0.15, 0.2) is 48.5 Å². The van der Waals surface area contributed by atoms with Crippen molar-refractivity contribution in [1.82, 2.24) is 30.6 Å². The smallest absolute Gasteiger partial charge is 0.366 e. The third-order valence-electron chi connectivity index (χ3n) is 5.49. The third kappa shape index (κ3) is 5.22. The quantitative estimate of drug-likeness (QED) is 0.350. The second-order valence-electron chi connectivity index (χ2n) is 7.89. The first-order valence-corrected chi connectivity index (χ1v) is 11.0. The van der Waals surface area contributed by atoms with Gasteiger partial charge >= 0.3 is 6.18 Å². The number of aryl methyl sites for hydroxylation is 1. The minimum Gasteiger partial charge on any atom is -0.366 e. The lowest BCUT2D eigenvalue weighted by atomic mass is 9.98. The van der Waals surface area contributed by atoms with Crippen LogP contribution in [0.25, 0.3) is 22.5 Å². The van der Waals surface area contributed by atoms with Crippen molar-refractivity contribution in [2.45, 2.75) is 45.8 Å². The Morgan fingerprint density at radius 3 is 2.35 bits per heavy atom. The molecule has 0 saturated heterocycles. The normalized spacial score (nSPS) is 11.6. The van der Waals surface area contributed by atoms with Crippen molar-refractivity contribution < 1.29 is 13.2 Å². The molecule has 0 fully saturated rings. The Morgan fingerprint density at radius 2 is 1.71 bits per heavy atom. The number of nitrogens with one attached hydrogen (secondary N) is 2. The van der Waals surface area contributed by atoms with Gasteiger partial charge in [0.15, 0.2) is 0 Å². The van der Waals surface area contributed by atoms with Gasteiger partial charge in [-0.3, -0.25) is 0 Å². The minimum absolute atomic E-state index is 0.236. The summed E-state index contributed by atoms with van der Waals surface area (Å²) in [6.07, 6.45) is -2.21. The summed E-state index contributed by atoms with van der Waals surface area (Å²) in [4.78, 5) is 7.50. The molecule has 7 nitrogen and oxygen atoms in total. The molecule has 0 radical (unpaired) electrons. The number of halogens is 3. The van der Waals surface area contributed by atoms with Gasteiger partial charge in [-0.2, -0.15) is 18.4 Å². The Hall–Kier alpha value is -3.82. The Bertz CT molecular complexity index is 1240. The number of hydrogen-bond acceptors (Lipinski definition) is 6. The molecular weight excluding hydrogens is 443 g/mol. The molecule has 0 aliphatic carbocycles. The van der Waals surface area contributed by atoms with E-state index < -0.39 is 12.0 Å². The summed E-state index contributed by atoms with van der Waals surface area (Å²) in [6.45, 7) is 3.97. The molecule has 0 spiro atoms. The molecular formula is C24H24F3N7. The number of tetrazole rings is 1. The predicted octanol–water partition coefficient (Wildman–Crippen LogP) is 5.61.